The molecular weight excluding hydrogens is 284 g/mol. The van der Waals surface area contributed by atoms with Crippen molar-refractivity contribution in [3.63, 3.8) is 0 Å². The molecule has 21 heavy (non-hydrogen) atoms. The number of benzene rings is 1. The summed E-state index contributed by atoms with van der Waals surface area (Å²) in [5.41, 5.74) is 3.64. The van der Waals surface area contributed by atoms with Crippen molar-refractivity contribution in [2.45, 2.75) is 33.2 Å². The maximum Gasteiger partial charge on any atom is 0.251 e. The molecule has 4 heteroatoms. The second-order valence-electron chi connectivity index (χ2n) is 5.37. The number of carbonyl (C=O) groups excluding carboxylic acids is 1. The number of nitrogens with zero attached hydrogens (tertiary/aromatic N) is 1. The van der Waals surface area contributed by atoms with E-state index in [2.05, 4.69) is 10.3 Å². The Morgan fingerprint density at radius 1 is 1.29 bits per heavy atom. The van der Waals surface area contributed by atoms with Gasteiger partial charge in [-0.25, -0.2) is 4.98 Å². The zero-order chi connectivity index (χ0) is 15.4. The number of aryl methyl sites for hydroxylation is 1. The number of hydrogen-bond donors (Lipinski definition) is 1. The number of halogens is 1. The number of rotatable bonds is 4. The summed E-state index contributed by atoms with van der Waals surface area (Å²) in [5.74, 6) is 0.0936. The van der Waals surface area contributed by atoms with Crippen LogP contribution in [-0.4, -0.2) is 10.9 Å². The predicted octanol–water partition coefficient (Wildman–Crippen LogP) is 4.10. The van der Waals surface area contributed by atoms with Gasteiger partial charge >= 0.3 is 0 Å². The third-order valence-corrected chi connectivity index (χ3v) is 3.56. The molecule has 1 aromatic heterocycles. The SMILES string of the molecule is Cc1ccccc1CNC(=O)c1cc(Cl)nc(C(C)C)c1. The van der Waals surface area contributed by atoms with E-state index in [0.717, 1.165) is 16.8 Å². The lowest BCUT2D eigenvalue weighted by Gasteiger charge is -2.10. The normalized spacial score (nSPS) is 10.7. The first kappa shape index (κ1) is 15.5. The average Bonchev–Trinajstić information content (AvgIpc) is 2.45. The second-order valence-corrected chi connectivity index (χ2v) is 5.75. The average molecular weight is 303 g/mol. The Morgan fingerprint density at radius 2 is 2.00 bits per heavy atom. The topological polar surface area (TPSA) is 42.0 Å². The first-order valence-corrected chi connectivity index (χ1v) is 7.35. The molecule has 0 saturated carbocycles. The zero-order valence-electron chi connectivity index (χ0n) is 12.5. The Hall–Kier alpha value is -1.87. The van der Waals surface area contributed by atoms with Gasteiger partial charge in [-0.2, -0.15) is 0 Å². The molecule has 2 rings (SSSR count). The van der Waals surface area contributed by atoms with Crippen LogP contribution in [0.25, 0.3) is 0 Å². The lowest BCUT2D eigenvalue weighted by Crippen LogP contribution is -2.23. The van der Waals surface area contributed by atoms with E-state index in [1.807, 2.05) is 45.0 Å². The van der Waals surface area contributed by atoms with E-state index in [1.54, 1.807) is 12.1 Å². The molecule has 1 amide bonds. The first-order valence-electron chi connectivity index (χ1n) is 6.97. The van der Waals surface area contributed by atoms with Crippen LogP contribution in [-0.2, 0) is 6.54 Å². The fourth-order valence-electron chi connectivity index (χ4n) is 2.03. The first-order chi connectivity index (χ1) is 9.97. The Bertz CT molecular complexity index is 653. The summed E-state index contributed by atoms with van der Waals surface area (Å²) in [6.07, 6.45) is 0. The third-order valence-electron chi connectivity index (χ3n) is 3.37. The summed E-state index contributed by atoms with van der Waals surface area (Å²) in [5, 5.41) is 3.27. The molecule has 0 atom stereocenters. The highest BCUT2D eigenvalue weighted by atomic mass is 35.5. The summed E-state index contributed by atoms with van der Waals surface area (Å²) < 4.78 is 0. The second kappa shape index (κ2) is 6.72. The van der Waals surface area contributed by atoms with Crippen LogP contribution in [0.5, 0.6) is 0 Å². The lowest BCUT2D eigenvalue weighted by atomic mass is 10.1. The zero-order valence-corrected chi connectivity index (χ0v) is 13.2. The molecule has 0 radical (unpaired) electrons. The maximum absolute atomic E-state index is 12.3. The van der Waals surface area contributed by atoms with Crippen LogP contribution in [0.2, 0.25) is 5.15 Å². The molecule has 0 unspecified atom stereocenters. The number of hydrogen-bond acceptors (Lipinski definition) is 2. The minimum atomic E-state index is -0.135. The largest absolute Gasteiger partial charge is 0.348 e. The summed E-state index contributed by atoms with van der Waals surface area (Å²) in [6, 6.07) is 11.4. The van der Waals surface area contributed by atoms with E-state index in [4.69, 9.17) is 11.6 Å². The van der Waals surface area contributed by atoms with Crippen molar-refractivity contribution in [3.8, 4) is 0 Å². The van der Waals surface area contributed by atoms with Crippen LogP contribution in [0, 0.1) is 6.92 Å². The molecule has 0 aliphatic carbocycles. The monoisotopic (exact) mass is 302 g/mol. The highest BCUT2D eigenvalue weighted by Gasteiger charge is 2.11. The smallest absolute Gasteiger partial charge is 0.251 e. The van der Waals surface area contributed by atoms with Crippen LogP contribution in [0.3, 0.4) is 0 Å². The number of pyridine rings is 1. The summed E-state index contributed by atoms with van der Waals surface area (Å²) >= 11 is 5.99. The Kier molecular flexibility index (Phi) is 4.97. The summed E-state index contributed by atoms with van der Waals surface area (Å²) in [7, 11) is 0. The van der Waals surface area contributed by atoms with Crippen molar-refractivity contribution in [2.24, 2.45) is 0 Å². The van der Waals surface area contributed by atoms with Gasteiger partial charge in [-0.1, -0.05) is 49.7 Å². The van der Waals surface area contributed by atoms with E-state index in [9.17, 15) is 4.79 Å². The van der Waals surface area contributed by atoms with Crippen molar-refractivity contribution in [2.75, 3.05) is 0 Å². The van der Waals surface area contributed by atoms with E-state index < -0.39 is 0 Å². The molecule has 0 aliphatic heterocycles. The van der Waals surface area contributed by atoms with Gasteiger partial charge in [0.05, 0.1) is 0 Å². The van der Waals surface area contributed by atoms with Gasteiger partial charge in [0.25, 0.3) is 5.91 Å². The van der Waals surface area contributed by atoms with Gasteiger partial charge in [-0.05, 0) is 36.1 Å². The van der Waals surface area contributed by atoms with Crippen LogP contribution < -0.4 is 5.32 Å². The fourth-order valence-corrected chi connectivity index (χ4v) is 2.25. The summed E-state index contributed by atoms with van der Waals surface area (Å²) in [4.78, 5) is 16.5. The molecule has 0 saturated heterocycles. The minimum Gasteiger partial charge on any atom is -0.348 e. The number of amides is 1. The van der Waals surface area contributed by atoms with E-state index >= 15 is 0 Å². The van der Waals surface area contributed by atoms with Gasteiger partial charge in [0.2, 0.25) is 0 Å². The van der Waals surface area contributed by atoms with Gasteiger partial charge in [0, 0.05) is 17.8 Å². The van der Waals surface area contributed by atoms with E-state index in [1.165, 1.54) is 0 Å². The fraction of sp³-hybridized carbons (Fsp3) is 0.294. The van der Waals surface area contributed by atoms with Crippen molar-refractivity contribution in [3.05, 3.63) is 63.9 Å². The van der Waals surface area contributed by atoms with Crippen LogP contribution in [0.4, 0.5) is 0 Å². The third kappa shape index (κ3) is 4.05. The Morgan fingerprint density at radius 3 is 2.67 bits per heavy atom. The summed E-state index contributed by atoms with van der Waals surface area (Å²) in [6.45, 7) is 6.57. The van der Waals surface area contributed by atoms with E-state index in [-0.39, 0.29) is 11.8 Å². The van der Waals surface area contributed by atoms with Crippen molar-refractivity contribution < 1.29 is 4.79 Å². The van der Waals surface area contributed by atoms with E-state index in [0.29, 0.717) is 17.3 Å². The molecule has 110 valence electrons. The Labute approximate surface area is 130 Å². The highest BCUT2D eigenvalue weighted by Crippen LogP contribution is 2.18. The van der Waals surface area contributed by atoms with Gasteiger partial charge in [0.15, 0.2) is 0 Å². The molecule has 3 nitrogen and oxygen atoms in total. The van der Waals surface area contributed by atoms with Gasteiger partial charge in [-0.3, -0.25) is 4.79 Å². The van der Waals surface area contributed by atoms with Crippen molar-refractivity contribution in [1.29, 1.82) is 0 Å². The van der Waals surface area contributed by atoms with Gasteiger partial charge in [-0.15, -0.1) is 0 Å². The van der Waals surface area contributed by atoms with Crippen molar-refractivity contribution in [1.82, 2.24) is 10.3 Å². The van der Waals surface area contributed by atoms with Gasteiger partial charge < -0.3 is 5.32 Å². The Balaban J connectivity index is 2.12. The molecule has 0 fully saturated rings. The maximum atomic E-state index is 12.3. The highest BCUT2D eigenvalue weighted by molar-refractivity contribution is 6.29. The molecule has 0 aliphatic rings. The molecule has 0 bridgehead atoms. The minimum absolute atomic E-state index is 0.135. The molecule has 0 spiro atoms. The van der Waals surface area contributed by atoms with Crippen LogP contribution in [0.1, 0.15) is 46.9 Å². The molecule has 1 heterocycles. The molecule has 2 aromatic rings. The number of aromatic nitrogens is 1. The lowest BCUT2D eigenvalue weighted by molar-refractivity contribution is 0.0950. The number of carbonyl (C=O) groups is 1. The molecular formula is C17H19ClN2O. The van der Waals surface area contributed by atoms with Crippen LogP contribution >= 0.6 is 11.6 Å². The van der Waals surface area contributed by atoms with Gasteiger partial charge in [0.1, 0.15) is 5.15 Å². The quantitative estimate of drug-likeness (QED) is 0.864. The molecule has 1 N–H and O–H groups in total. The predicted molar refractivity (Wildman–Crippen MR) is 85.7 cm³/mol. The van der Waals surface area contributed by atoms with Crippen molar-refractivity contribution >= 4 is 17.5 Å². The standard InChI is InChI=1S/C17H19ClN2O/c1-11(2)15-8-14(9-16(18)20-15)17(21)19-10-13-7-5-4-6-12(13)3/h4-9,11H,10H2,1-3H3,(H,19,21). The van der Waals surface area contributed by atoms with Crippen LogP contribution in [0.15, 0.2) is 36.4 Å². The number of nitrogens with one attached hydrogen (secondary N) is 1. The molecule has 1 aromatic carbocycles.